The molecule has 7 nitrogen and oxygen atoms in total. The van der Waals surface area contributed by atoms with E-state index in [-0.39, 0.29) is 17.9 Å². The van der Waals surface area contributed by atoms with E-state index in [1.165, 1.54) is 24.3 Å². The number of benzene rings is 1. The molecule has 0 fully saturated rings. The van der Waals surface area contributed by atoms with Crippen LogP contribution in [0.5, 0.6) is 0 Å². The Morgan fingerprint density at radius 2 is 1.70 bits per heavy atom. The Labute approximate surface area is 136 Å². The zero-order valence-electron chi connectivity index (χ0n) is 13.7. The highest BCUT2D eigenvalue weighted by atomic mass is 32.2. The number of carbonyl (C=O) groups excluding carboxylic acids is 2. The number of carbonyl (C=O) groups is 2. The minimum atomic E-state index is -3.63. The summed E-state index contributed by atoms with van der Waals surface area (Å²) in [5, 5.41) is 2.50. The quantitative estimate of drug-likeness (QED) is 0.605. The van der Waals surface area contributed by atoms with Gasteiger partial charge in [0.2, 0.25) is 15.9 Å². The lowest BCUT2D eigenvalue weighted by atomic mass is 10.1. The number of sulfonamides is 1. The van der Waals surface area contributed by atoms with Gasteiger partial charge in [-0.25, -0.2) is 13.1 Å². The minimum absolute atomic E-state index is 0.0933. The van der Waals surface area contributed by atoms with E-state index in [0.29, 0.717) is 5.69 Å². The van der Waals surface area contributed by atoms with Crippen molar-refractivity contribution in [3.05, 3.63) is 24.3 Å². The second-order valence-electron chi connectivity index (χ2n) is 5.91. The van der Waals surface area contributed by atoms with Gasteiger partial charge in [-0.1, -0.05) is 0 Å². The molecule has 1 amide bonds. The molecule has 0 saturated heterocycles. The molecule has 0 bridgehead atoms. The van der Waals surface area contributed by atoms with E-state index in [1.807, 2.05) is 0 Å². The van der Waals surface area contributed by atoms with Crippen molar-refractivity contribution >= 4 is 27.6 Å². The minimum Gasteiger partial charge on any atom is -0.466 e. The van der Waals surface area contributed by atoms with E-state index in [4.69, 9.17) is 0 Å². The summed E-state index contributed by atoms with van der Waals surface area (Å²) in [6.07, 6.45) is -0.389. The van der Waals surface area contributed by atoms with Gasteiger partial charge in [-0.3, -0.25) is 9.59 Å². The topological polar surface area (TPSA) is 102 Å². The van der Waals surface area contributed by atoms with Crippen molar-refractivity contribution in [1.82, 2.24) is 4.72 Å². The summed E-state index contributed by atoms with van der Waals surface area (Å²) in [4.78, 5) is 22.9. The van der Waals surface area contributed by atoms with Gasteiger partial charge in [0.15, 0.2) is 0 Å². The molecule has 0 aliphatic carbocycles. The normalized spacial score (nSPS) is 11.8. The molecule has 2 N–H and O–H groups in total. The van der Waals surface area contributed by atoms with Gasteiger partial charge in [0.1, 0.15) is 6.42 Å². The molecule has 128 valence electrons. The molecule has 1 rings (SSSR count). The first-order valence-electron chi connectivity index (χ1n) is 7.13. The fourth-order valence-electron chi connectivity index (χ4n) is 1.73. The fourth-order valence-corrected chi connectivity index (χ4v) is 3.15. The molecule has 0 atom stereocenters. The molecule has 1 aromatic carbocycles. The molecule has 0 unspecified atom stereocenters. The molecule has 0 aliphatic heterocycles. The van der Waals surface area contributed by atoms with Gasteiger partial charge >= 0.3 is 5.97 Å². The van der Waals surface area contributed by atoms with Crippen LogP contribution in [0.15, 0.2) is 29.2 Å². The van der Waals surface area contributed by atoms with Crippen LogP contribution in [0, 0.1) is 0 Å². The van der Waals surface area contributed by atoms with Crippen LogP contribution in [0.4, 0.5) is 5.69 Å². The molecular weight excluding hydrogens is 320 g/mol. The van der Waals surface area contributed by atoms with Crippen molar-refractivity contribution in [1.29, 1.82) is 0 Å². The first-order chi connectivity index (χ1) is 10.5. The maximum Gasteiger partial charge on any atom is 0.315 e. The molecular formula is C15H22N2O5S. The number of rotatable bonds is 6. The van der Waals surface area contributed by atoms with E-state index in [2.05, 4.69) is 14.8 Å². The maximum absolute atomic E-state index is 12.1. The number of ether oxygens (including phenoxy) is 1. The Morgan fingerprint density at radius 1 is 1.13 bits per heavy atom. The molecule has 0 heterocycles. The molecule has 8 heteroatoms. The number of hydrogen-bond acceptors (Lipinski definition) is 5. The first-order valence-corrected chi connectivity index (χ1v) is 8.61. The van der Waals surface area contributed by atoms with E-state index in [9.17, 15) is 18.0 Å². The Kier molecular flexibility index (Phi) is 6.28. The largest absolute Gasteiger partial charge is 0.466 e. The molecule has 0 saturated carbocycles. The van der Waals surface area contributed by atoms with Crippen molar-refractivity contribution in [2.75, 3.05) is 11.9 Å². The third-order valence-corrected chi connectivity index (χ3v) is 4.27. The monoisotopic (exact) mass is 342 g/mol. The van der Waals surface area contributed by atoms with Crippen LogP contribution in [0.25, 0.3) is 0 Å². The van der Waals surface area contributed by atoms with Gasteiger partial charge in [0, 0.05) is 11.2 Å². The average Bonchev–Trinajstić information content (AvgIpc) is 2.36. The highest BCUT2D eigenvalue weighted by Crippen LogP contribution is 2.16. The van der Waals surface area contributed by atoms with E-state index < -0.39 is 27.4 Å². The van der Waals surface area contributed by atoms with Gasteiger partial charge in [-0.05, 0) is 52.0 Å². The number of hydrogen-bond donors (Lipinski definition) is 2. The Bertz CT molecular complexity index is 660. The fraction of sp³-hybridized carbons (Fsp3) is 0.467. The number of nitrogens with one attached hydrogen (secondary N) is 2. The van der Waals surface area contributed by atoms with Crippen molar-refractivity contribution in [3.8, 4) is 0 Å². The summed E-state index contributed by atoms with van der Waals surface area (Å²) in [6.45, 7) is 7.09. The highest BCUT2D eigenvalue weighted by Gasteiger charge is 2.21. The average molecular weight is 342 g/mol. The third kappa shape index (κ3) is 6.79. The molecule has 0 spiro atoms. The summed E-state index contributed by atoms with van der Waals surface area (Å²) in [5.41, 5.74) is -0.195. The molecule has 0 aliphatic rings. The molecule has 1 aromatic rings. The van der Waals surface area contributed by atoms with Crippen molar-refractivity contribution in [2.45, 2.75) is 44.6 Å². The second kappa shape index (κ2) is 7.56. The molecule has 23 heavy (non-hydrogen) atoms. The van der Waals surface area contributed by atoms with Gasteiger partial charge in [-0.2, -0.15) is 0 Å². The van der Waals surface area contributed by atoms with Gasteiger partial charge in [0.05, 0.1) is 11.5 Å². The van der Waals surface area contributed by atoms with Crippen molar-refractivity contribution in [2.24, 2.45) is 0 Å². The highest BCUT2D eigenvalue weighted by molar-refractivity contribution is 7.89. The van der Waals surface area contributed by atoms with Gasteiger partial charge in [-0.15, -0.1) is 0 Å². The van der Waals surface area contributed by atoms with E-state index in [0.717, 1.165) is 0 Å². The van der Waals surface area contributed by atoms with Crippen molar-refractivity contribution < 1.29 is 22.7 Å². The van der Waals surface area contributed by atoms with Crippen molar-refractivity contribution in [3.63, 3.8) is 0 Å². The molecule has 0 radical (unpaired) electrons. The molecule has 0 aromatic heterocycles. The number of esters is 1. The SMILES string of the molecule is CCOC(=O)CC(=O)Nc1ccc(S(=O)(=O)NC(C)(C)C)cc1. The first kappa shape index (κ1) is 19.1. The summed E-state index contributed by atoms with van der Waals surface area (Å²) >= 11 is 0. The Morgan fingerprint density at radius 3 is 2.17 bits per heavy atom. The number of amides is 1. The third-order valence-electron chi connectivity index (χ3n) is 2.50. The van der Waals surface area contributed by atoms with Gasteiger partial charge < -0.3 is 10.1 Å². The predicted molar refractivity (Wildman–Crippen MR) is 86.4 cm³/mol. The number of anilines is 1. The summed E-state index contributed by atoms with van der Waals surface area (Å²) < 4.78 is 31.5. The summed E-state index contributed by atoms with van der Waals surface area (Å²) in [6, 6.07) is 5.68. The summed E-state index contributed by atoms with van der Waals surface area (Å²) in [5.74, 6) is -1.13. The Balaban J connectivity index is 2.74. The van der Waals surface area contributed by atoms with Crippen LogP contribution in [-0.2, 0) is 24.3 Å². The lowest BCUT2D eigenvalue weighted by Gasteiger charge is -2.20. The maximum atomic E-state index is 12.1. The Hall–Kier alpha value is -1.93. The van der Waals surface area contributed by atoms with Crippen LogP contribution in [0.1, 0.15) is 34.1 Å². The van der Waals surface area contributed by atoms with E-state index >= 15 is 0 Å². The second-order valence-corrected chi connectivity index (χ2v) is 7.59. The van der Waals surface area contributed by atoms with Crippen LogP contribution < -0.4 is 10.0 Å². The smallest absolute Gasteiger partial charge is 0.315 e. The lowest BCUT2D eigenvalue weighted by Crippen LogP contribution is -2.40. The van der Waals surface area contributed by atoms with Crippen LogP contribution in [0.2, 0.25) is 0 Å². The summed E-state index contributed by atoms with van der Waals surface area (Å²) in [7, 11) is -3.63. The predicted octanol–water partition coefficient (Wildman–Crippen LogP) is 1.66. The zero-order chi connectivity index (χ0) is 17.7. The van der Waals surface area contributed by atoms with Gasteiger partial charge in [0.25, 0.3) is 0 Å². The van der Waals surface area contributed by atoms with Crippen LogP contribution in [-0.4, -0.2) is 32.4 Å². The van der Waals surface area contributed by atoms with E-state index in [1.54, 1.807) is 27.7 Å². The van der Waals surface area contributed by atoms with Crippen LogP contribution in [0.3, 0.4) is 0 Å². The standard InChI is InChI=1S/C15H22N2O5S/c1-5-22-14(19)10-13(18)16-11-6-8-12(9-7-11)23(20,21)17-15(2,3)4/h6-9,17H,5,10H2,1-4H3,(H,16,18). The zero-order valence-corrected chi connectivity index (χ0v) is 14.5. The lowest BCUT2D eigenvalue weighted by molar-refractivity contribution is -0.145. The van der Waals surface area contributed by atoms with Crippen LogP contribution >= 0.6 is 0 Å².